The van der Waals surface area contributed by atoms with Crippen LogP contribution in [0.1, 0.15) is 28.8 Å². The lowest BCUT2D eigenvalue weighted by Crippen LogP contribution is -2.47. The zero-order chi connectivity index (χ0) is 32.9. The largest absolute Gasteiger partial charge is 0.480 e. The molecule has 0 radical (unpaired) electrons. The predicted octanol–water partition coefficient (Wildman–Crippen LogP) is 3.62. The summed E-state index contributed by atoms with van der Waals surface area (Å²) < 4.78 is 50.6. The fourth-order valence-electron chi connectivity index (χ4n) is 6.29. The van der Waals surface area contributed by atoms with Crippen LogP contribution in [0.4, 0.5) is 19.0 Å². The van der Waals surface area contributed by atoms with Crippen molar-refractivity contribution in [2.45, 2.75) is 37.5 Å². The molecule has 3 N–H and O–H groups in total. The van der Waals surface area contributed by atoms with Gasteiger partial charge in [0.15, 0.2) is 5.82 Å². The predicted molar refractivity (Wildman–Crippen MR) is 164 cm³/mol. The number of methoxy groups -OCH3 is 1. The molecule has 2 aliphatic rings. The number of imidazole rings is 1. The number of nitrogens with zero attached hydrogens (tertiary/aromatic N) is 7. The van der Waals surface area contributed by atoms with E-state index in [4.69, 9.17) is 10.5 Å². The van der Waals surface area contributed by atoms with Crippen molar-refractivity contribution in [3.63, 3.8) is 0 Å². The minimum Gasteiger partial charge on any atom is -0.480 e. The number of nitrogens with one attached hydrogen (secondary N) is 1. The summed E-state index contributed by atoms with van der Waals surface area (Å²) in [5.41, 5.74) is 10.7. The number of hydrogen-bond donors (Lipinski definition) is 2. The van der Waals surface area contributed by atoms with Gasteiger partial charge in [0.2, 0.25) is 17.7 Å². The monoisotopic (exact) mass is 645 g/mol. The first kappa shape index (κ1) is 30.2. The molecular formula is C32H30F3N9O3. The number of rotatable bonds is 8. The molecule has 1 aliphatic heterocycles. The molecule has 1 aromatic carbocycles. The molecule has 0 bridgehead atoms. The van der Waals surface area contributed by atoms with E-state index in [1.807, 2.05) is 41.0 Å². The molecule has 4 aromatic heterocycles. The molecule has 5 aromatic rings. The highest BCUT2D eigenvalue weighted by Crippen LogP contribution is 2.43. The van der Waals surface area contributed by atoms with Crippen molar-refractivity contribution < 1.29 is 27.5 Å². The lowest BCUT2D eigenvalue weighted by atomic mass is 9.80. The van der Waals surface area contributed by atoms with E-state index in [1.165, 1.54) is 24.5 Å². The van der Waals surface area contributed by atoms with Crippen LogP contribution in [0.3, 0.4) is 0 Å². The van der Waals surface area contributed by atoms with Crippen molar-refractivity contribution >= 4 is 23.1 Å². The number of carbonyl (C=O) groups excluding carboxylic acids is 2. The molecule has 7 rings (SSSR count). The zero-order valence-corrected chi connectivity index (χ0v) is 25.2. The second-order valence-corrected chi connectivity index (χ2v) is 11.8. The Balaban J connectivity index is 1.16. The SMILES string of the molecule is COc1ncc(-c2cc(Cn3cncc3-c3ccccc3)c3c(N)ncnn23)cc1C(=O)NC1CN(C(=O)C2CC(F)(F)C2)C[C@@H]1F. The average Bonchev–Trinajstić information content (AvgIpc) is 3.77. The summed E-state index contributed by atoms with van der Waals surface area (Å²) in [7, 11) is 1.36. The number of nitrogens with two attached hydrogens (primary N) is 1. The third-order valence-corrected chi connectivity index (χ3v) is 8.69. The molecule has 1 saturated heterocycles. The summed E-state index contributed by atoms with van der Waals surface area (Å²) in [5, 5.41) is 7.06. The number of likely N-dealkylation sites (tertiary alicyclic amines) is 1. The molecule has 2 amide bonds. The molecule has 47 heavy (non-hydrogen) atoms. The maximum absolute atomic E-state index is 15.0. The number of ether oxygens (including phenoxy) is 1. The van der Waals surface area contributed by atoms with Crippen molar-refractivity contribution in [3.05, 3.63) is 78.6 Å². The quantitative estimate of drug-likeness (QED) is 0.260. The first-order chi connectivity index (χ1) is 22.6. The fourth-order valence-corrected chi connectivity index (χ4v) is 6.29. The van der Waals surface area contributed by atoms with Crippen LogP contribution in [0, 0.1) is 5.92 Å². The summed E-state index contributed by atoms with van der Waals surface area (Å²) in [6.07, 6.45) is 3.68. The summed E-state index contributed by atoms with van der Waals surface area (Å²) in [5.74, 6) is -4.65. The fraction of sp³-hybridized carbons (Fsp3) is 0.312. The normalized spacial score (nSPS) is 19.1. The number of nitrogen functional groups attached to an aromatic ring is 1. The first-order valence-electron chi connectivity index (χ1n) is 14.9. The van der Waals surface area contributed by atoms with Gasteiger partial charge in [-0.3, -0.25) is 9.59 Å². The molecule has 12 nitrogen and oxygen atoms in total. The lowest BCUT2D eigenvalue weighted by Gasteiger charge is -2.36. The third kappa shape index (κ3) is 5.61. The number of carbonyl (C=O) groups is 2. The van der Waals surface area contributed by atoms with E-state index in [1.54, 1.807) is 23.1 Å². The smallest absolute Gasteiger partial charge is 0.257 e. The van der Waals surface area contributed by atoms with Crippen LogP contribution in [0.5, 0.6) is 5.88 Å². The average molecular weight is 646 g/mol. The van der Waals surface area contributed by atoms with Crippen LogP contribution in [-0.2, 0) is 11.3 Å². The number of anilines is 1. The summed E-state index contributed by atoms with van der Waals surface area (Å²) in [6, 6.07) is 12.2. The maximum atomic E-state index is 15.0. The van der Waals surface area contributed by atoms with E-state index < -0.39 is 48.7 Å². The molecular weight excluding hydrogens is 615 g/mol. The van der Waals surface area contributed by atoms with Gasteiger partial charge >= 0.3 is 0 Å². The minimum absolute atomic E-state index is 0.00503. The van der Waals surface area contributed by atoms with Gasteiger partial charge < -0.3 is 25.3 Å². The van der Waals surface area contributed by atoms with Crippen molar-refractivity contribution in [1.29, 1.82) is 0 Å². The number of amides is 2. The highest BCUT2D eigenvalue weighted by Gasteiger charge is 2.51. The zero-order valence-electron chi connectivity index (χ0n) is 25.2. The second-order valence-electron chi connectivity index (χ2n) is 11.8. The Labute approximate surface area is 266 Å². The first-order valence-corrected chi connectivity index (χ1v) is 14.9. The maximum Gasteiger partial charge on any atom is 0.257 e. The Hall–Kier alpha value is -5.47. The lowest BCUT2D eigenvalue weighted by molar-refractivity contribution is -0.159. The van der Waals surface area contributed by atoms with E-state index in [0.717, 1.165) is 16.8 Å². The third-order valence-electron chi connectivity index (χ3n) is 8.69. The van der Waals surface area contributed by atoms with Crippen LogP contribution < -0.4 is 15.8 Å². The van der Waals surface area contributed by atoms with Gasteiger partial charge in [-0.05, 0) is 17.7 Å². The topological polar surface area (TPSA) is 146 Å². The van der Waals surface area contributed by atoms with Gasteiger partial charge in [0.25, 0.3) is 5.91 Å². The molecule has 2 fully saturated rings. The summed E-state index contributed by atoms with van der Waals surface area (Å²) in [6.45, 7) is -0.0366. The van der Waals surface area contributed by atoms with Crippen LogP contribution in [-0.4, -0.2) is 84.2 Å². The van der Waals surface area contributed by atoms with Gasteiger partial charge in [-0.15, -0.1) is 0 Å². The van der Waals surface area contributed by atoms with Gasteiger partial charge in [-0.2, -0.15) is 5.10 Å². The van der Waals surface area contributed by atoms with Gasteiger partial charge in [0.1, 0.15) is 23.6 Å². The van der Waals surface area contributed by atoms with E-state index in [9.17, 15) is 18.4 Å². The Morgan fingerprint density at radius 3 is 2.60 bits per heavy atom. The molecule has 242 valence electrons. The highest BCUT2D eigenvalue weighted by molar-refractivity contribution is 5.98. The molecule has 2 atom stereocenters. The highest BCUT2D eigenvalue weighted by atomic mass is 19.3. The van der Waals surface area contributed by atoms with E-state index in [-0.39, 0.29) is 30.4 Å². The molecule has 1 saturated carbocycles. The Bertz CT molecular complexity index is 1970. The van der Waals surface area contributed by atoms with E-state index >= 15 is 4.39 Å². The van der Waals surface area contributed by atoms with Crippen molar-refractivity contribution in [2.24, 2.45) is 5.92 Å². The number of fused-ring (bicyclic) bond motifs is 1. The number of halogens is 3. The van der Waals surface area contributed by atoms with E-state index in [0.29, 0.717) is 23.3 Å². The minimum atomic E-state index is -2.87. The van der Waals surface area contributed by atoms with E-state index in [2.05, 4.69) is 25.4 Å². The molecule has 1 unspecified atom stereocenters. The molecule has 1 aliphatic carbocycles. The number of aromatic nitrogens is 6. The number of hydrogen-bond acceptors (Lipinski definition) is 8. The summed E-state index contributed by atoms with van der Waals surface area (Å²) >= 11 is 0. The molecule has 5 heterocycles. The van der Waals surface area contributed by atoms with Gasteiger partial charge in [0.05, 0.1) is 50.2 Å². The Morgan fingerprint density at radius 1 is 1.06 bits per heavy atom. The van der Waals surface area contributed by atoms with Crippen molar-refractivity contribution in [1.82, 2.24) is 39.3 Å². The van der Waals surface area contributed by atoms with Crippen LogP contribution in [0.15, 0.2) is 67.5 Å². The van der Waals surface area contributed by atoms with Crippen LogP contribution in [0.2, 0.25) is 0 Å². The standard InChI is InChI=1S/C32H30F3N9O3/c1-47-30-22(29(45)41-24-15-42(14-23(24)33)31(46)21-9-32(34,35)10-21)7-19(11-38-30)25-8-20(27-28(36)39-16-40-44(25)27)13-43-17-37-12-26(43)18-5-3-2-4-6-18/h2-8,11-12,16-17,21,23-24H,9-10,13-15H2,1H3,(H,41,45)(H2,36,39,40)/t23-,24?/m0/s1. The van der Waals surface area contributed by atoms with Gasteiger partial charge in [0, 0.05) is 42.6 Å². The molecule has 0 spiro atoms. The number of benzene rings is 1. The van der Waals surface area contributed by atoms with Crippen LogP contribution >= 0.6 is 0 Å². The van der Waals surface area contributed by atoms with Gasteiger partial charge in [-0.25, -0.2) is 32.6 Å². The van der Waals surface area contributed by atoms with Crippen molar-refractivity contribution in [3.8, 4) is 28.4 Å². The Kier molecular flexibility index (Phi) is 7.53. The van der Waals surface area contributed by atoms with Crippen LogP contribution in [0.25, 0.3) is 28.0 Å². The Morgan fingerprint density at radius 2 is 1.85 bits per heavy atom. The van der Waals surface area contributed by atoms with Gasteiger partial charge in [-0.1, -0.05) is 30.3 Å². The summed E-state index contributed by atoms with van der Waals surface area (Å²) in [4.78, 5) is 40.2. The number of pyridine rings is 1. The molecule has 15 heteroatoms. The van der Waals surface area contributed by atoms with Crippen molar-refractivity contribution in [2.75, 3.05) is 25.9 Å². The number of alkyl halides is 3. The second kappa shape index (κ2) is 11.7.